The Morgan fingerprint density at radius 1 is 1.44 bits per heavy atom. The number of carbonyl (C=O) groups excluding carboxylic acids is 1. The first-order chi connectivity index (χ1) is 8.65. The fourth-order valence-electron chi connectivity index (χ4n) is 1.59. The van der Waals surface area contributed by atoms with Crippen LogP contribution in [0.1, 0.15) is 59.3 Å². The number of hydrogen-bond donors (Lipinski definition) is 0. The number of allylic oxidation sites excluding steroid dienone is 5. The highest BCUT2D eigenvalue weighted by Gasteiger charge is 2.10. The largest absolute Gasteiger partial charge is 0.299 e. The van der Waals surface area contributed by atoms with Crippen molar-refractivity contribution < 1.29 is 4.79 Å². The molecule has 0 spiro atoms. The molecule has 0 amide bonds. The van der Waals surface area contributed by atoms with Crippen LogP contribution in [0, 0.1) is 5.92 Å². The molecule has 1 aliphatic rings. The Bertz CT molecular complexity index is 297. The molecule has 1 unspecified atom stereocenters. The summed E-state index contributed by atoms with van der Waals surface area (Å²) in [6, 6.07) is 0. The smallest absolute Gasteiger partial charge is 0.136 e. The number of Topliss-reactive ketones (excluding diaryl/α,β-unsaturated/α-hetero) is 1. The van der Waals surface area contributed by atoms with Gasteiger partial charge >= 0.3 is 0 Å². The van der Waals surface area contributed by atoms with E-state index in [1.807, 2.05) is 13.0 Å². The Balaban J connectivity index is 0.000000631. The molecule has 0 aromatic rings. The molecule has 1 heteroatoms. The van der Waals surface area contributed by atoms with Crippen molar-refractivity contribution in [3.05, 3.63) is 36.5 Å². The van der Waals surface area contributed by atoms with Crippen molar-refractivity contribution >= 4 is 5.78 Å². The molecule has 0 aromatic heterocycles. The van der Waals surface area contributed by atoms with Crippen LogP contribution < -0.4 is 0 Å². The number of rotatable bonds is 6. The lowest BCUT2D eigenvalue weighted by Gasteiger charge is -2.09. The van der Waals surface area contributed by atoms with Gasteiger partial charge in [-0.1, -0.05) is 50.6 Å². The van der Waals surface area contributed by atoms with Gasteiger partial charge in [-0.05, 0) is 32.1 Å². The third-order valence-electron chi connectivity index (χ3n) is 3.18. The maximum Gasteiger partial charge on any atom is 0.136 e. The van der Waals surface area contributed by atoms with Gasteiger partial charge in [0.05, 0.1) is 0 Å². The highest BCUT2D eigenvalue weighted by Crippen LogP contribution is 2.16. The summed E-state index contributed by atoms with van der Waals surface area (Å²) in [5.74, 6) is 0.649. The average molecular weight is 248 g/mol. The zero-order valence-corrected chi connectivity index (χ0v) is 12.2. The molecule has 102 valence electrons. The Kier molecular flexibility index (Phi) is 10.3. The molecule has 0 saturated carbocycles. The summed E-state index contributed by atoms with van der Waals surface area (Å²) in [6.07, 6.45) is 14.5. The van der Waals surface area contributed by atoms with E-state index in [2.05, 4.69) is 38.7 Å². The molecule has 0 heterocycles. The van der Waals surface area contributed by atoms with E-state index >= 15 is 0 Å². The zero-order chi connectivity index (χ0) is 13.8. The Morgan fingerprint density at radius 3 is 2.56 bits per heavy atom. The quantitative estimate of drug-likeness (QED) is 0.587. The van der Waals surface area contributed by atoms with Crippen LogP contribution in [0.25, 0.3) is 0 Å². The molecule has 1 aliphatic carbocycles. The summed E-state index contributed by atoms with van der Waals surface area (Å²) in [6.45, 7) is 9.63. The van der Waals surface area contributed by atoms with Crippen molar-refractivity contribution in [2.75, 3.05) is 0 Å². The second-order valence-electron chi connectivity index (χ2n) is 4.73. The molecule has 0 fully saturated rings. The summed E-state index contributed by atoms with van der Waals surface area (Å²) in [5.41, 5.74) is 1.34. The summed E-state index contributed by atoms with van der Waals surface area (Å²) < 4.78 is 0. The predicted octanol–water partition coefficient (Wildman–Crippen LogP) is 5.24. The van der Waals surface area contributed by atoms with E-state index in [-0.39, 0.29) is 5.92 Å². The number of ketones is 1. The van der Waals surface area contributed by atoms with Crippen molar-refractivity contribution in [3.8, 4) is 0 Å². The van der Waals surface area contributed by atoms with E-state index in [0.29, 0.717) is 12.2 Å². The molecular weight excluding hydrogens is 220 g/mol. The summed E-state index contributed by atoms with van der Waals surface area (Å²) in [5, 5.41) is 0. The first-order valence-corrected chi connectivity index (χ1v) is 7.14. The van der Waals surface area contributed by atoms with Gasteiger partial charge in [0, 0.05) is 12.3 Å². The van der Waals surface area contributed by atoms with Crippen molar-refractivity contribution in [1.29, 1.82) is 0 Å². The van der Waals surface area contributed by atoms with Crippen molar-refractivity contribution in [3.63, 3.8) is 0 Å². The molecule has 1 nitrogen and oxygen atoms in total. The summed E-state index contributed by atoms with van der Waals surface area (Å²) in [4.78, 5) is 11.6. The second-order valence-corrected chi connectivity index (χ2v) is 4.73. The summed E-state index contributed by atoms with van der Waals surface area (Å²) in [7, 11) is 0. The summed E-state index contributed by atoms with van der Waals surface area (Å²) >= 11 is 0. The van der Waals surface area contributed by atoms with Crippen LogP contribution in [0.4, 0.5) is 0 Å². The van der Waals surface area contributed by atoms with Crippen LogP contribution in [-0.2, 0) is 4.79 Å². The third kappa shape index (κ3) is 8.05. The fourth-order valence-corrected chi connectivity index (χ4v) is 1.59. The van der Waals surface area contributed by atoms with Crippen LogP contribution in [0.15, 0.2) is 36.5 Å². The lowest BCUT2D eigenvalue weighted by atomic mass is 9.96. The molecule has 0 aliphatic heterocycles. The van der Waals surface area contributed by atoms with Crippen LogP contribution in [0.2, 0.25) is 0 Å². The molecule has 0 N–H and O–H groups in total. The van der Waals surface area contributed by atoms with Crippen molar-refractivity contribution in [2.24, 2.45) is 5.92 Å². The van der Waals surface area contributed by atoms with Crippen LogP contribution in [0.3, 0.4) is 0 Å². The Labute approximate surface area is 113 Å². The van der Waals surface area contributed by atoms with Crippen molar-refractivity contribution in [1.82, 2.24) is 0 Å². The van der Waals surface area contributed by atoms with Gasteiger partial charge in [0.2, 0.25) is 0 Å². The zero-order valence-electron chi connectivity index (χ0n) is 12.2. The van der Waals surface area contributed by atoms with Gasteiger partial charge in [-0.15, -0.1) is 6.58 Å². The Hall–Kier alpha value is -1.11. The van der Waals surface area contributed by atoms with Gasteiger partial charge in [0.1, 0.15) is 5.78 Å². The lowest BCUT2D eigenvalue weighted by molar-refractivity contribution is -0.122. The van der Waals surface area contributed by atoms with Crippen LogP contribution in [0.5, 0.6) is 0 Å². The number of hydrogen-bond acceptors (Lipinski definition) is 1. The molecule has 1 rings (SSSR count). The molecule has 0 bridgehead atoms. The molecule has 18 heavy (non-hydrogen) atoms. The van der Waals surface area contributed by atoms with Crippen molar-refractivity contribution in [2.45, 2.75) is 59.3 Å². The first kappa shape index (κ1) is 16.9. The highest BCUT2D eigenvalue weighted by atomic mass is 16.1. The van der Waals surface area contributed by atoms with Crippen LogP contribution >= 0.6 is 0 Å². The van der Waals surface area contributed by atoms with Crippen LogP contribution in [-0.4, -0.2) is 5.78 Å². The highest BCUT2D eigenvalue weighted by molar-refractivity contribution is 5.80. The standard InChI is InChI=1S/C13H20O.C4H8/c1-3-11(2)13(14)10-9-12-7-5-4-6-8-12;1-3-4-2/h5,7-8,11H,3-4,6,9-10H2,1-2H3;3H,1,4H2,2H3. The van der Waals surface area contributed by atoms with E-state index in [1.54, 1.807) is 0 Å². The van der Waals surface area contributed by atoms with Gasteiger partial charge < -0.3 is 0 Å². The molecule has 1 atom stereocenters. The fraction of sp³-hybridized carbons (Fsp3) is 0.588. The maximum atomic E-state index is 11.6. The minimum absolute atomic E-state index is 0.239. The maximum absolute atomic E-state index is 11.6. The first-order valence-electron chi connectivity index (χ1n) is 7.14. The monoisotopic (exact) mass is 248 g/mol. The molecule has 0 radical (unpaired) electrons. The normalized spacial score (nSPS) is 15.2. The second kappa shape index (κ2) is 11.0. The minimum Gasteiger partial charge on any atom is -0.299 e. The van der Waals surface area contributed by atoms with E-state index in [9.17, 15) is 4.79 Å². The van der Waals surface area contributed by atoms with E-state index in [4.69, 9.17) is 0 Å². The van der Waals surface area contributed by atoms with Gasteiger partial charge in [-0.3, -0.25) is 4.79 Å². The number of carbonyl (C=O) groups is 1. The Morgan fingerprint density at radius 2 is 2.11 bits per heavy atom. The predicted molar refractivity (Wildman–Crippen MR) is 80.6 cm³/mol. The third-order valence-corrected chi connectivity index (χ3v) is 3.18. The minimum atomic E-state index is 0.239. The van der Waals surface area contributed by atoms with Gasteiger partial charge in [-0.2, -0.15) is 0 Å². The van der Waals surface area contributed by atoms with Gasteiger partial charge in [-0.25, -0.2) is 0 Å². The van der Waals surface area contributed by atoms with E-state index in [0.717, 1.165) is 32.1 Å². The van der Waals surface area contributed by atoms with Gasteiger partial charge in [0.15, 0.2) is 0 Å². The lowest BCUT2D eigenvalue weighted by Crippen LogP contribution is -2.09. The SMILES string of the molecule is C=CCC.CCC(C)C(=O)CCC1=CCCC=C1. The van der Waals surface area contributed by atoms with Gasteiger partial charge in [0.25, 0.3) is 0 Å². The average Bonchev–Trinajstić information content (AvgIpc) is 2.45. The topological polar surface area (TPSA) is 17.1 Å². The van der Waals surface area contributed by atoms with E-state index in [1.165, 1.54) is 5.57 Å². The molecule has 0 aromatic carbocycles. The molecule has 0 saturated heterocycles. The van der Waals surface area contributed by atoms with E-state index < -0.39 is 0 Å². The molecular formula is C17H28O.